The van der Waals surface area contributed by atoms with Crippen molar-refractivity contribution in [3.8, 4) is 5.75 Å². The molecule has 3 rings (SSSR count). The Morgan fingerprint density at radius 3 is 2.54 bits per heavy atom. The van der Waals surface area contributed by atoms with Crippen LogP contribution in [0.3, 0.4) is 0 Å². The molecule has 1 aliphatic heterocycles. The van der Waals surface area contributed by atoms with E-state index in [1.807, 2.05) is 23.5 Å². The third-order valence-corrected chi connectivity index (χ3v) is 6.43. The predicted molar refractivity (Wildman–Crippen MR) is 121 cm³/mol. The van der Waals surface area contributed by atoms with Crippen LogP contribution in [0, 0.1) is 0 Å². The lowest BCUT2D eigenvalue weighted by atomic mass is 10.1. The second kappa shape index (κ2) is 10.8. The van der Waals surface area contributed by atoms with Crippen LogP contribution >= 0.6 is 23.6 Å². The van der Waals surface area contributed by atoms with Crippen molar-refractivity contribution in [3.63, 3.8) is 0 Å². The van der Waals surface area contributed by atoms with Gasteiger partial charge in [0.15, 0.2) is 5.11 Å². The minimum Gasteiger partial charge on any atom is -0.497 e. The first-order valence-corrected chi connectivity index (χ1v) is 11.0. The number of methoxy groups -OCH3 is 1. The molecule has 0 bridgehead atoms. The van der Waals surface area contributed by atoms with Gasteiger partial charge in [-0.1, -0.05) is 18.2 Å². The molecule has 7 heteroatoms. The van der Waals surface area contributed by atoms with Gasteiger partial charge < -0.3 is 20.3 Å². The number of likely N-dealkylation sites (N-methyl/N-ethyl adjacent to an activating group) is 1. The molecule has 1 fully saturated rings. The smallest absolute Gasteiger partial charge is 0.166 e. The Hall–Kier alpha value is -1.67. The fourth-order valence-electron chi connectivity index (χ4n) is 3.39. The summed E-state index contributed by atoms with van der Waals surface area (Å²) < 4.78 is 5.20. The SMILES string of the molecule is COc1ccc(CCNC(=S)NCC(c2cccs2)N2CCN(C)CC2)cc1. The summed E-state index contributed by atoms with van der Waals surface area (Å²) in [5.41, 5.74) is 1.27. The van der Waals surface area contributed by atoms with Crippen LogP contribution in [-0.2, 0) is 6.42 Å². The minimum atomic E-state index is 0.370. The zero-order chi connectivity index (χ0) is 19.8. The van der Waals surface area contributed by atoms with Gasteiger partial charge in [-0.05, 0) is 54.8 Å². The topological polar surface area (TPSA) is 39.8 Å². The summed E-state index contributed by atoms with van der Waals surface area (Å²) in [4.78, 5) is 6.36. The number of benzene rings is 1. The van der Waals surface area contributed by atoms with Gasteiger partial charge in [-0.2, -0.15) is 0 Å². The number of nitrogens with zero attached hydrogens (tertiary/aromatic N) is 2. The molecule has 2 aromatic rings. The molecule has 1 aromatic carbocycles. The van der Waals surface area contributed by atoms with Crippen LogP contribution in [0.1, 0.15) is 16.5 Å². The Morgan fingerprint density at radius 1 is 1.14 bits per heavy atom. The molecule has 2 heterocycles. The number of rotatable bonds is 8. The second-order valence-corrected chi connectivity index (χ2v) is 8.49. The van der Waals surface area contributed by atoms with Crippen LogP contribution < -0.4 is 15.4 Å². The van der Waals surface area contributed by atoms with E-state index in [4.69, 9.17) is 17.0 Å². The third kappa shape index (κ3) is 6.17. The van der Waals surface area contributed by atoms with E-state index < -0.39 is 0 Å². The maximum atomic E-state index is 5.51. The zero-order valence-electron chi connectivity index (χ0n) is 16.7. The molecule has 1 aromatic heterocycles. The molecule has 152 valence electrons. The lowest BCUT2D eigenvalue weighted by Crippen LogP contribution is -2.49. The van der Waals surface area contributed by atoms with Gasteiger partial charge >= 0.3 is 0 Å². The lowest BCUT2D eigenvalue weighted by Gasteiger charge is -2.37. The van der Waals surface area contributed by atoms with E-state index in [0.717, 1.165) is 56.6 Å². The van der Waals surface area contributed by atoms with Crippen molar-refractivity contribution < 1.29 is 4.74 Å². The average molecular weight is 419 g/mol. The number of thiocarbonyl (C=S) groups is 1. The Bertz CT molecular complexity index is 713. The van der Waals surface area contributed by atoms with Crippen molar-refractivity contribution in [1.29, 1.82) is 0 Å². The molecule has 1 saturated heterocycles. The maximum Gasteiger partial charge on any atom is 0.166 e. The lowest BCUT2D eigenvalue weighted by molar-refractivity contribution is 0.114. The van der Waals surface area contributed by atoms with E-state index in [-0.39, 0.29) is 0 Å². The number of hydrogen-bond acceptors (Lipinski definition) is 5. The highest BCUT2D eigenvalue weighted by Gasteiger charge is 2.24. The van der Waals surface area contributed by atoms with Crippen molar-refractivity contribution in [1.82, 2.24) is 20.4 Å². The molecule has 0 saturated carbocycles. The molecule has 0 radical (unpaired) electrons. The van der Waals surface area contributed by atoms with Crippen LogP contribution in [-0.4, -0.2) is 68.3 Å². The Morgan fingerprint density at radius 2 is 1.89 bits per heavy atom. The van der Waals surface area contributed by atoms with E-state index in [1.54, 1.807) is 7.11 Å². The summed E-state index contributed by atoms with van der Waals surface area (Å²) >= 11 is 7.34. The van der Waals surface area contributed by atoms with E-state index in [2.05, 4.69) is 57.1 Å². The quantitative estimate of drug-likeness (QED) is 0.643. The summed E-state index contributed by atoms with van der Waals surface area (Å²) in [6, 6.07) is 12.9. The van der Waals surface area contributed by atoms with E-state index in [1.165, 1.54) is 10.4 Å². The van der Waals surface area contributed by atoms with Crippen LogP contribution in [0.15, 0.2) is 41.8 Å². The fourth-order valence-corrected chi connectivity index (χ4v) is 4.43. The molecule has 1 unspecified atom stereocenters. The van der Waals surface area contributed by atoms with Crippen molar-refractivity contribution in [2.75, 3.05) is 53.4 Å². The highest BCUT2D eigenvalue weighted by molar-refractivity contribution is 7.80. The van der Waals surface area contributed by atoms with E-state index in [9.17, 15) is 0 Å². The number of thiophene rings is 1. The monoisotopic (exact) mass is 418 g/mol. The van der Waals surface area contributed by atoms with Crippen LogP contribution in [0.25, 0.3) is 0 Å². The molecule has 2 N–H and O–H groups in total. The first-order chi connectivity index (χ1) is 13.7. The van der Waals surface area contributed by atoms with Crippen molar-refractivity contribution in [2.45, 2.75) is 12.5 Å². The van der Waals surface area contributed by atoms with Gasteiger partial charge in [0.25, 0.3) is 0 Å². The zero-order valence-corrected chi connectivity index (χ0v) is 18.3. The average Bonchev–Trinajstić information content (AvgIpc) is 3.24. The van der Waals surface area contributed by atoms with Gasteiger partial charge in [-0.15, -0.1) is 11.3 Å². The van der Waals surface area contributed by atoms with E-state index >= 15 is 0 Å². The Balaban J connectivity index is 1.45. The molecule has 5 nitrogen and oxygen atoms in total. The first-order valence-electron chi connectivity index (χ1n) is 9.76. The molecule has 28 heavy (non-hydrogen) atoms. The highest BCUT2D eigenvalue weighted by Crippen LogP contribution is 2.25. The molecule has 0 aliphatic carbocycles. The molecule has 1 atom stereocenters. The largest absolute Gasteiger partial charge is 0.497 e. The summed E-state index contributed by atoms with van der Waals surface area (Å²) in [5.74, 6) is 0.887. The van der Waals surface area contributed by atoms with Crippen molar-refractivity contribution >= 4 is 28.7 Å². The normalized spacial score (nSPS) is 16.5. The Labute approximate surface area is 177 Å². The molecule has 0 amide bonds. The van der Waals surface area contributed by atoms with Gasteiger partial charge in [-0.25, -0.2) is 0 Å². The standard InChI is InChI=1S/C21H30N4OS2/c1-24-11-13-25(14-12-24)19(20-4-3-15-28-20)16-23-21(27)22-10-9-17-5-7-18(26-2)8-6-17/h3-8,15,19H,9-14,16H2,1-2H3,(H2,22,23,27). The second-order valence-electron chi connectivity index (χ2n) is 7.11. The Kier molecular flexibility index (Phi) is 8.09. The molecule has 0 spiro atoms. The minimum absolute atomic E-state index is 0.370. The molecule has 1 aliphatic rings. The summed E-state index contributed by atoms with van der Waals surface area (Å²) in [7, 11) is 3.88. The summed E-state index contributed by atoms with van der Waals surface area (Å²) in [6.07, 6.45) is 0.929. The first kappa shape index (κ1) is 21.0. The maximum absolute atomic E-state index is 5.51. The summed E-state index contributed by atoms with van der Waals surface area (Å²) in [5, 5.41) is 9.65. The van der Waals surface area contributed by atoms with Gasteiger partial charge in [0, 0.05) is 44.1 Å². The number of ether oxygens (including phenoxy) is 1. The van der Waals surface area contributed by atoms with Crippen molar-refractivity contribution in [3.05, 3.63) is 52.2 Å². The van der Waals surface area contributed by atoms with Crippen LogP contribution in [0.2, 0.25) is 0 Å². The van der Waals surface area contributed by atoms with Gasteiger partial charge in [0.05, 0.1) is 13.2 Å². The van der Waals surface area contributed by atoms with Gasteiger partial charge in [-0.3, -0.25) is 4.90 Å². The summed E-state index contributed by atoms with van der Waals surface area (Å²) in [6.45, 7) is 6.07. The fraction of sp³-hybridized carbons (Fsp3) is 0.476. The van der Waals surface area contributed by atoms with Gasteiger partial charge in [0.1, 0.15) is 5.75 Å². The van der Waals surface area contributed by atoms with Crippen molar-refractivity contribution in [2.24, 2.45) is 0 Å². The number of hydrogen-bond donors (Lipinski definition) is 2. The third-order valence-electron chi connectivity index (χ3n) is 5.16. The van der Waals surface area contributed by atoms with E-state index in [0.29, 0.717) is 6.04 Å². The number of nitrogens with one attached hydrogen (secondary N) is 2. The number of piperazine rings is 1. The van der Waals surface area contributed by atoms with Gasteiger partial charge in [0.2, 0.25) is 0 Å². The van der Waals surface area contributed by atoms with Crippen LogP contribution in [0.4, 0.5) is 0 Å². The molecular weight excluding hydrogens is 388 g/mol. The molecular formula is C21H30N4OS2. The highest BCUT2D eigenvalue weighted by atomic mass is 32.1. The van der Waals surface area contributed by atoms with Crippen LogP contribution in [0.5, 0.6) is 5.75 Å². The predicted octanol–water partition coefficient (Wildman–Crippen LogP) is 2.75.